The number of rotatable bonds is 8. The molecule has 0 saturated heterocycles. The molecule has 3 rings (SSSR count). The van der Waals surface area contributed by atoms with Crippen LogP contribution in [0.3, 0.4) is 0 Å². The number of hydrogen-bond acceptors (Lipinski definition) is 7. The van der Waals surface area contributed by atoms with E-state index in [-0.39, 0.29) is 23.4 Å². The van der Waals surface area contributed by atoms with Gasteiger partial charge in [-0.1, -0.05) is 6.07 Å². The molecule has 0 bridgehead atoms. The number of aromatic nitrogens is 2. The van der Waals surface area contributed by atoms with Crippen LogP contribution in [0.15, 0.2) is 30.6 Å². The van der Waals surface area contributed by atoms with Crippen molar-refractivity contribution in [3.05, 3.63) is 41.7 Å². The van der Waals surface area contributed by atoms with Crippen LogP contribution in [0.2, 0.25) is 0 Å². The number of urea groups is 1. The minimum absolute atomic E-state index is 0.0799. The van der Waals surface area contributed by atoms with E-state index >= 15 is 0 Å². The summed E-state index contributed by atoms with van der Waals surface area (Å²) in [6, 6.07) is 4.69. The Balaban J connectivity index is 1.39. The first-order valence-corrected chi connectivity index (χ1v) is 12.7. The third-order valence-corrected chi connectivity index (χ3v) is 5.84. The number of nitrogens with zero attached hydrogens (tertiary/aromatic N) is 2. The van der Waals surface area contributed by atoms with Crippen molar-refractivity contribution in [3.8, 4) is 5.88 Å². The first-order valence-electron chi connectivity index (χ1n) is 12.7. The molecule has 0 radical (unpaired) electrons. The molecule has 0 spiro atoms. The van der Waals surface area contributed by atoms with Gasteiger partial charge >= 0.3 is 18.3 Å². The molecule has 1 saturated carbocycles. The van der Waals surface area contributed by atoms with Gasteiger partial charge in [0.25, 0.3) is 0 Å². The number of halogens is 3. The average Bonchev–Trinajstić information content (AvgIpc) is 2.83. The normalized spacial score (nSPS) is 17.6. The molecule has 1 aromatic carbocycles. The van der Waals surface area contributed by atoms with Crippen molar-refractivity contribution in [1.82, 2.24) is 20.6 Å². The standard InChI is InChI=1S/C26H35F3N6O4/c1-16-5-6-18(13-20(16)26(27,28)29)35-23(36)34-17-7-9-19(10-8-17)38-22-14-21(32-15-33-22)30-11-12-31-24(37)39-25(2,3)4/h5-6,13-15,17,19H,7-12H2,1-4H3,(H,31,37)(H,30,32,33)(H2,34,35,36). The topological polar surface area (TPSA) is 127 Å². The summed E-state index contributed by atoms with van der Waals surface area (Å²) in [6.45, 7) is 7.51. The van der Waals surface area contributed by atoms with Crippen molar-refractivity contribution in [2.75, 3.05) is 23.7 Å². The van der Waals surface area contributed by atoms with Crippen LogP contribution in [-0.2, 0) is 10.9 Å². The van der Waals surface area contributed by atoms with Crippen LogP contribution >= 0.6 is 0 Å². The number of carbonyl (C=O) groups excluding carboxylic acids is 2. The number of alkyl halides is 3. The number of carbonyl (C=O) groups is 2. The highest BCUT2D eigenvalue weighted by molar-refractivity contribution is 5.89. The van der Waals surface area contributed by atoms with Crippen LogP contribution in [-0.4, -0.2) is 52.9 Å². The summed E-state index contributed by atoms with van der Waals surface area (Å²) in [5.74, 6) is 0.949. The highest BCUT2D eigenvalue weighted by atomic mass is 19.4. The molecule has 0 unspecified atom stereocenters. The van der Waals surface area contributed by atoms with E-state index in [1.165, 1.54) is 25.4 Å². The van der Waals surface area contributed by atoms with Crippen molar-refractivity contribution < 1.29 is 32.2 Å². The van der Waals surface area contributed by atoms with Crippen LogP contribution in [0.25, 0.3) is 0 Å². The smallest absolute Gasteiger partial charge is 0.416 e. The molecule has 0 aliphatic heterocycles. The first-order chi connectivity index (χ1) is 18.3. The van der Waals surface area contributed by atoms with Gasteiger partial charge in [0.2, 0.25) is 5.88 Å². The van der Waals surface area contributed by atoms with Gasteiger partial charge in [-0.2, -0.15) is 13.2 Å². The summed E-state index contributed by atoms with van der Waals surface area (Å²) in [5.41, 5.74) is -1.17. The lowest BCUT2D eigenvalue weighted by molar-refractivity contribution is -0.138. The zero-order chi connectivity index (χ0) is 28.6. The Hall–Kier alpha value is -3.77. The van der Waals surface area contributed by atoms with E-state index in [1.54, 1.807) is 26.8 Å². The molecule has 1 aliphatic rings. The number of alkyl carbamates (subject to hydrolysis) is 1. The van der Waals surface area contributed by atoms with Gasteiger partial charge in [-0.05, 0) is 71.1 Å². The lowest BCUT2D eigenvalue weighted by atomic mass is 9.93. The third kappa shape index (κ3) is 10.1. The van der Waals surface area contributed by atoms with E-state index < -0.39 is 29.5 Å². The molecule has 13 heteroatoms. The van der Waals surface area contributed by atoms with Crippen LogP contribution in [0.1, 0.15) is 57.6 Å². The van der Waals surface area contributed by atoms with Crippen molar-refractivity contribution >= 4 is 23.6 Å². The number of benzene rings is 1. The van der Waals surface area contributed by atoms with E-state index in [1.807, 2.05) is 0 Å². The molecule has 3 amide bonds. The number of ether oxygens (including phenoxy) is 2. The number of amides is 3. The quantitative estimate of drug-likeness (QED) is 0.330. The molecule has 0 atom stereocenters. The molecule has 214 valence electrons. The lowest BCUT2D eigenvalue weighted by Crippen LogP contribution is -2.41. The number of hydrogen-bond donors (Lipinski definition) is 4. The second kappa shape index (κ2) is 12.9. The van der Waals surface area contributed by atoms with Crippen molar-refractivity contribution in [2.45, 2.75) is 77.3 Å². The Kier molecular flexibility index (Phi) is 9.81. The Morgan fingerprint density at radius 2 is 1.74 bits per heavy atom. The first kappa shape index (κ1) is 29.8. The van der Waals surface area contributed by atoms with Crippen LogP contribution in [0.5, 0.6) is 5.88 Å². The third-order valence-electron chi connectivity index (χ3n) is 5.84. The summed E-state index contributed by atoms with van der Waals surface area (Å²) in [4.78, 5) is 32.3. The molecule has 1 fully saturated rings. The van der Waals surface area contributed by atoms with Gasteiger partial charge in [0.15, 0.2) is 0 Å². The van der Waals surface area contributed by atoms with Gasteiger partial charge in [0.05, 0.1) is 5.56 Å². The second-order valence-corrected chi connectivity index (χ2v) is 10.3. The summed E-state index contributed by atoms with van der Waals surface area (Å²) < 4.78 is 50.5. The Labute approximate surface area is 225 Å². The lowest BCUT2D eigenvalue weighted by Gasteiger charge is -2.29. The van der Waals surface area contributed by atoms with E-state index in [9.17, 15) is 22.8 Å². The maximum Gasteiger partial charge on any atom is 0.416 e. The van der Waals surface area contributed by atoms with Crippen LogP contribution < -0.4 is 26.0 Å². The molecule has 4 N–H and O–H groups in total. The number of nitrogens with one attached hydrogen (secondary N) is 4. The monoisotopic (exact) mass is 552 g/mol. The molecular formula is C26H35F3N6O4. The van der Waals surface area contributed by atoms with E-state index in [0.29, 0.717) is 50.5 Å². The minimum Gasteiger partial charge on any atom is -0.474 e. The summed E-state index contributed by atoms with van der Waals surface area (Å²) in [5, 5.41) is 11.0. The SMILES string of the molecule is Cc1ccc(NC(=O)NC2CCC(Oc3cc(NCCNC(=O)OC(C)(C)C)ncn3)CC2)cc1C(F)(F)F. The second-order valence-electron chi connectivity index (χ2n) is 10.3. The number of anilines is 2. The molecule has 39 heavy (non-hydrogen) atoms. The maximum atomic E-state index is 13.1. The Morgan fingerprint density at radius 1 is 1.03 bits per heavy atom. The van der Waals surface area contributed by atoms with Gasteiger partial charge in [-0.15, -0.1) is 0 Å². The van der Waals surface area contributed by atoms with Gasteiger partial charge < -0.3 is 30.7 Å². The van der Waals surface area contributed by atoms with Crippen LogP contribution in [0, 0.1) is 6.92 Å². The van der Waals surface area contributed by atoms with Crippen molar-refractivity contribution in [1.29, 1.82) is 0 Å². The molecule has 1 aromatic heterocycles. The fraction of sp³-hybridized carbons (Fsp3) is 0.538. The predicted molar refractivity (Wildman–Crippen MR) is 140 cm³/mol. The maximum absolute atomic E-state index is 13.1. The van der Waals surface area contributed by atoms with Crippen molar-refractivity contribution in [2.24, 2.45) is 0 Å². The summed E-state index contributed by atoms with van der Waals surface area (Å²) in [7, 11) is 0. The zero-order valence-electron chi connectivity index (χ0n) is 22.4. The molecule has 2 aromatic rings. The fourth-order valence-corrected chi connectivity index (χ4v) is 4.02. The highest BCUT2D eigenvalue weighted by Gasteiger charge is 2.32. The largest absolute Gasteiger partial charge is 0.474 e. The highest BCUT2D eigenvalue weighted by Crippen LogP contribution is 2.33. The van der Waals surface area contributed by atoms with Gasteiger partial charge in [-0.3, -0.25) is 0 Å². The van der Waals surface area contributed by atoms with Gasteiger partial charge in [0, 0.05) is 30.9 Å². The van der Waals surface area contributed by atoms with E-state index in [2.05, 4.69) is 31.2 Å². The predicted octanol–water partition coefficient (Wildman–Crippen LogP) is 5.25. The fourth-order valence-electron chi connectivity index (χ4n) is 4.02. The Bertz CT molecular complexity index is 1130. The number of aryl methyl sites for hydroxylation is 1. The average molecular weight is 553 g/mol. The zero-order valence-corrected chi connectivity index (χ0v) is 22.4. The Morgan fingerprint density at radius 3 is 2.41 bits per heavy atom. The van der Waals surface area contributed by atoms with E-state index in [4.69, 9.17) is 9.47 Å². The molecular weight excluding hydrogens is 517 g/mol. The molecule has 10 nitrogen and oxygen atoms in total. The minimum atomic E-state index is -4.49. The summed E-state index contributed by atoms with van der Waals surface area (Å²) in [6.07, 6.45) is -1.08. The van der Waals surface area contributed by atoms with E-state index in [0.717, 1.165) is 6.07 Å². The van der Waals surface area contributed by atoms with Crippen LogP contribution in [0.4, 0.5) is 34.3 Å². The van der Waals surface area contributed by atoms with Gasteiger partial charge in [0.1, 0.15) is 23.9 Å². The van der Waals surface area contributed by atoms with Gasteiger partial charge in [-0.25, -0.2) is 19.6 Å². The molecule has 1 aliphatic carbocycles. The molecule has 1 heterocycles. The summed E-state index contributed by atoms with van der Waals surface area (Å²) >= 11 is 0. The van der Waals surface area contributed by atoms with Crippen molar-refractivity contribution in [3.63, 3.8) is 0 Å².